The molecule has 4 heteroatoms. The normalized spacial score (nSPS) is 19.8. The highest BCUT2D eigenvalue weighted by Gasteiger charge is 2.26. The van der Waals surface area contributed by atoms with E-state index >= 15 is 0 Å². The number of nitrogens with zero attached hydrogens (tertiary/aromatic N) is 1. The average Bonchev–Trinajstić information content (AvgIpc) is 2.94. The van der Waals surface area contributed by atoms with Crippen LogP contribution in [-0.2, 0) is 22.5 Å². The number of fused-ring (bicyclic) bond motifs is 3. The molecule has 1 aliphatic carbocycles. The highest BCUT2D eigenvalue weighted by molar-refractivity contribution is 5.76. The Morgan fingerprint density at radius 3 is 2.88 bits per heavy atom. The van der Waals surface area contributed by atoms with Crippen LogP contribution in [0.3, 0.4) is 0 Å². The Morgan fingerprint density at radius 2 is 2.00 bits per heavy atom. The van der Waals surface area contributed by atoms with E-state index in [-0.39, 0.29) is 12.5 Å². The van der Waals surface area contributed by atoms with E-state index in [1.807, 2.05) is 0 Å². The number of ether oxygens (including phenoxy) is 1. The van der Waals surface area contributed by atoms with E-state index in [2.05, 4.69) is 47.4 Å². The minimum absolute atomic E-state index is 0.0401. The topological polar surface area (TPSA) is 49.8 Å². The quantitative estimate of drug-likeness (QED) is 0.802. The Balaban J connectivity index is 1.53. The summed E-state index contributed by atoms with van der Waals surface area (Å²) in [5.74, 6) is -0.764. The average molecular weight is 323 g/mol. The molecule has 124 valence electrons. The van der Waals surface area contributed by atoms with Crippen LogP contribution in [0.2, 0.25) is 0 Å². The summed E-state index contributed by atoms with van der Waals surface area (Å²) in [5.41, 5.74) is 6.68. The highest BCUT2D eigenvalue weighted by atomic mass is 16.5. The number of hydrogen-bond donors (Lipinski definition) is 1. The molecule has 24 heavy (non-hydrogen) atoms. The first kappa shape index (κ1) is 15.4. The molecular weight excluding hydrogens is 302 g/mol. The zero-order chi connectivity index (χ0) is 16.5. The molecule has 0 amide bonds. The van der Waals surface area contributed by atoms with Crippen molar-refractivity contribution in [2.75, 3.05) is 19.8 Å². The first-order chi connectivity index (χ1) is 11.7. The third kappa shape index (κ3) is 2.95. The van der Waals surface area contributed by atoms with Crippen molar-refractivity contribution in [3.05, 3.63) is 59.2 Å². The van der Waals surface area contributed by atoms with E-state index < -0.39 is 5.97 Å². The summed E-state index contributed by atoms with van der Waals surface area (Å²) in [7, 11) is 0. The van der Waals surface area contributed by atoms with Gasteiger partial charge in [0.05, 0.1) is 19.6 Å². The van der Waals surface area contributed by atoms with E-state index in [0.29, 0.717) is 13.2 Å². The van der Waals surface area contributed by atoms with Gasteiger partial charge in [0.15, 0.2) is 0 Å². The maximum Gasteiger partial charge on any atom is 0.305 e. The standard InChI is InChI=1S/C20H21NO3/c22-20(23)11-17-13-24-8-7-21(17)12-14-5-6-19-16(9-14)10-15-3-1-2-4-18(15)19/h1-6,9,17H,7-8,10-13H2,(H,22,23)/t17-/m0/s1. The van der Waals surface area contributed by atoms with Gasteiger partial charge in [-0.3, -0.25) is 9.69 Å². The highest BCUT2D eigenvalue weighted by Crippen LogP contribution is 2.36. The summed E-state index contributed by atoms with van der Waals surface area (Å²) in [6, 6.07) is 15.2. The van der Waals surface area contributed by atoms with Crippen LogP contribution in [0.25, 0.3) is 11.1 Å². The Hall–Kier alpha value is -2.17. The van der Waals surface area contributed by atoms with Crippen LogP contribution in [0.1, 0.15) is 23.1 Å². The molecule has 1 fully saturated rings. The third-order valence-corrected chi connectivity index (χ3v) is 5.00. The van der Waals surface area contributed by atoms with Gasteiger partial charge in [-0.05, 0) is 34.2 Å². The second kappa shape index (κ2) is 6.38. The maximum absolute atomic E-state index is 11.1. The lowest BCUT2D eigenvalue weighted by Crippen LogP contribution is -2.45. The fourth-order valence-electron chi connectivity index (χ4n) is 3.82. The van der Waals surface area contributed by atoms with Crippen LogP contribution >= 0.6 is 0 Å². The van der Waals surface area contributed by atoms with E-state index in [0.717, 1.165) is 19.5 Å². The minimum atomic E-state index is -0.764. The number of carbonyl (C=O) groups is 1. The van der Waals surface area contributed by atoms with E-state index in [9.17, 15) is 4.79 Å². The second-order valence-corrected chi connectivity index (χ2v) is 6.62. The van der Waals surface area contributed by atoms with Gasteiger partial charge in [0.1, 0.15) is 0 Å². The number of rotatable bonds is 4. The van der Waals surface area contributed by atoms with Crippen molar-refractivity contribution in [2.45, 2.75) is 25.4 Å². The third-order valence-electron chi connectivity index (χ3n) is 5.00. The van der Waals surface area contributed by atoms with Gasteiger partial charge in [-0.2, -0.15) is 0 Å². The fourth-order valence-corrected chi connectivity index (χ4v) is 3.82. The summed E-state index contributed by atoms with van der Waals surface area (Å²) in [6.45, 7) is 2.75. The summed E-state index contributed by atoms with van der Waals surface area (Å²) in [4.78, 5) is 13.3. The van der Waals surface area contributed by atoms with Crippen molar-refractivity contribution in [2.24, 2.45) is 0 Å². The molecule has 4 rings (SSSR count). The van der Waals surface area contributed by atoms with Crippen LogP contribution in [0, 0.1) is 0 Å². The van der Waals surface area contributed by atoms with Crippen LogP contribution in [0.5, 0.6) is 0 Å². The lowest BCUT2D eigenvalue weighted by Gasteiger charge is -2.34. The molecule has 1 heterocycles. The van der Waals surface area contributed by atoms with E-state index in [1.165, 1.54) is 27.8 Å². The van der Waals surface area contributed by atoms with Gasteiger partial charge >= 0.3 is 5.97 Å². The molecular formula is C20H21NO3. The Morgan fingerprint density at radius 1 is 1.17 bits per heavy atom. The molecule has 0 unspecified atom stereocenters. The van der Waals surface area contributed by atoms with Crippen molar-refractivity contribution in [1.29, 1.82) is 0 Å². The Labute approximate surface area is 141 Å². The zero-order valence-corrected chi connectivity index (χ0v) is 13.6. The molecule has 0 radical (unpaired) electrons. The van der Waals surface area contributed by atoms with E-state index in [4.69, 9.17) is 9.84 Å². The molecule has 2 aliphatic rings. The van der Waals surface area contributed by atoms with Gasteiger partial charge in [-0.1, -0.05) is 42.5 Å². The number of carboxylic acid groups (broad SMARTS) is 1. The minimum Gasteiger partial charge on any atom is -0.481 e. The summed E-state index contributed by atoms with van der Waals surface area (Å²) in [6.07, 6.45) is 1.12. The predicted octanol–water partition coefficient (Wildman–Crippen LogP) is 2.93. The number of hydrogen-bond acceptors (Lipinski definition) is 3. The smallest absolute Gasteiger partial charge is 0.305 e. The Kier molecular flexibility index (Phi) is 4.08. The van der Waals surface area contributed by atoms with Gasteiger partial charge in [-0.25, -0.2) is 0 Å². The summed E-state index contributed by atoms with van der Waals surface area (Å²) >= 11 is 0. The molecule has 2 aromatic rings. The molecule has 1 saturated heterocycles. The van der Waals surface area contributed by atoms with Crippen molar-refractivity contribution < 1.29 is 14.6 Å². The van der Waals surface area contributed by atoms with Gasteiger partial charge in [0.2, 0.25) is 0 Å². The SMILES string of the molecule is O=C(O)C[C@H]1COCCN1Cc1ccc2c(c1)Cc1ccccc1-2. The summed E-state index contributed by atoms with van der Waals surface area (Å²) in [5, 5.41) is 9.09. The van der Waals surface area contributed by atoms with Crippen LogP contribution < -0.4 is 0 Å². The molecule has 1 N–H and O–H groups in total. The van der Waals surface area contributed by atoms with Gasteiger partial charge in [-0.15, -0.1) is 0 Å². The molecule has 0 aromatic heterocycles. The number of carboxylic acids is 1. The first-order valence-corrected chi connectivity index (χ1v) is 8.44. The molecule has 1 aliphatic heterocycles. The van der Waals surface area contributed by atoms with Crippen molar-refractivity contribution >= 4 is 5.97 Å². The molecule has 4 nitrogen and oxygen atoms in total. The van der Waals surface area contributed by atoms with Crippen molar-refractivity contribution in [1.82, 2.24) is 4.90 Å². The van der Waals surface area contributed by atoms with Gasteiger partial charge < -0.3 is 9.84 Å². The molecule has 2 aromatic carbocycles. The zero-order valence-electron chi connectivity index (χ0n) is 13.6. The monoisotopic (exact) mass is 323 g/mol. The summed E-state index contributed by atoms with van der Waals surface area (Å²) < 4.78 is 5.46. The van der Waals surface area contributed by atoms with Crippen molar-refractivity contribution in [3.63, 3.8) is 0 Å². The van der Waals surface area contributed by atoms with Gasteiger partial charge in [0.25, 0.3) is 0 Å². The fraction of sp³-hybridized carbons (Fsp3) is 0.350. The largest absolute Gasteiger partial charge is 0.481 e. The predicted molar refractivity (Wildman–Crippen MR) is 92.0 cm³/mol. The van der Waals surface area contributed by atoms with E-state index in [1.54, 1.807) is 0 Å². The Bertz CT molecular complexity index is 771. The van der Waals surface area contributed by atoms with Gasteiger partial charge in [0, 0.05) is 19.1 Å². The number of morpholine rings is 1. The molecule has 1 atom stereocenters. The van der Waals surface area contributed by atoms with Crippen LogP contribution in [0.4, 0.5) is 0 Å². The van der Waals surface area contributed by atoms with Crippen LogP contribution in [0.15, 0.2) is 42.5 Å². The molecule has 0 spiro atoms. The lowest BCUT2D eigenvalue weighted by molar-refractivity contribution is -0.140. The number of aliphatic carboxylic acids is 1. The van der Waals surface area contributed by atoms with Crippen LogP contribution in [-0.4, -0.2) is 41.8 Å². The first-order valence-electron chi connectivity index (χ1n) is 8.44. The lowest BCUT2D eigenvalue weighted by atomic mass is 10.0. The van der Waals surface area contributed by atoms with Crippen molar-refractivity contribution in [3.8, 4) is 11.1 Å². The second-order valence-electron chi connectivity index (χ2n) is 6.62. The number of benzene rings is 2. The molecule has 0 saturated carbocycles. The maximum atomic E-state index is 11.1. The molecule has 0 bridgehead atoms.